The summed E-state index contributed by atoms with van der Waals surface area (Å²) in [5, 5.41) is 2.95. The molecular weight excluding hydrogens is 310 g/mol. The third-order valence-corrected chi connectivity index (χ3v) is 4.49. The van der Waals surface area contributed by atoms with Crippen molar-refractivity contribution in [3.05, 3.63) is 83.9 Å². The molecule has 1 N–H and O–H groups in total. The van der Waals surface area contributed by atoms with Crippen LogP contribution in [0.4, 0.5) is 5.69 Å². The van der Waals surface area contributed by atoms with Crippen LogP contribution in [0.15, 0.2) is 72.8 Å². The topological polar surface area (TPSA) is 38.3 Å². The van der Waals surface area contributed by atoms with Crippen LogP contribution in [0, 0.1) is 0 Å². The van der Waals surface area contributed by atoms with Crippen LogP contribution >= 0.6 is 0 Å². The number of amides is 1. The Kier molecular flexibility index (Phi) is 3.98. The Labute approximate surface area is 147 Å². The molecule has 0 saturated carbocycles. The molecule has 4 rings (SSSR count). The van der Waals surface area contributed by atoms with Crippen LogP contribution in [-0.4, -0.2) is 12.0 Å². The Morgan fingerprint density at radius 3 is 2.48 bits per heavy atom. The van der Waals surface area contributed by atoms with Crippen LogP contribution in [0.1, 0.15) is 18.1 Å². The van der Waals surface area contributed by atoms with Gasteiger partial charge >= 0.3 is 0 Å². The van der Waals surface area contributed by atoms with Crippen molar-refractivity contribution >= 4 is 11.6 Å². The molecule has 1 amide bonds. The van der Waals surface area contributed by atoms with Gasteiger partial charge in [0.15, 0.2) is 6.10 Å². The summed E-state index contributed by atoms with van der Waals surface area (Å²) in [7, 11) is 0. The van der Waals surface area contributed by atoms with E-state index < -0.39 is 6.10 Å². The van der Waals surface area contributed by atoms with E-state index in [1.54, 1.807) is 6.92 Å². The SMILES string of the molecule is CC(Oc1ccccc1)C(=O)Nc1ccc2c(c1)Cc1ccccc1-2. The molecule has 1 unspecified atom stereocenters. The fourth-order valence-electron chi connectivity index (χ4n) is 3.22. The third-order valence-electron chi connectivity index (χ3n) is 4.49. The highest BCUT2D eigenvalue weighted by atomic mass is 16.5. The molecule has 0 bridgehead atoms. The molecule has 0 radical (unpaired) electrons. The van der Waals surface area contributed by atoms with Crippen molar-refractivity contribution in [1.29, 1.82) is 0 Å². The van der Waals surface area contributed by atoms with Gasteiger partial charge in [-0.2, -0.15) is 0 Å². The van der Waals surface area contributed by atoms with E-state index in [1.165, 1.54) is 22.3 Å². The highest BCUT2D eigenvalue weighted by Crippen LogP contribution is 2.37. The molecule has 0 fully saturated rings. The zero-order valence-corrected chi connectivity index (χ0v) is 14.0. The number of carbonyl (C=O) groups is 1. The minimum atomic E-state index is -0.562. The largest absolute Gasteiger partial charge is 0.481 e. The van der Waals surface area contributed by atoms with Gasteiger partial charge < -0.3 is 10.1 Å². The lowest BCUT2D eigenvalue weighted by Gasteiger charge is -2.15. The molecule has 1 aliphatic rings. The summed E-state index contributed by atoms with van der Waals surface area (Å²) in [5.74, 6) is 0.536. The van der Waals surface area contributed by atoms with E-state index in [9.17, 15) is 4.79 Å². The summed E-state index contributed by atoms with van der Waals surface area (Å²) in [6.07, 6.45) is 0.346. The fraction of sp³-hybridized carbons (Fsp3) is 0.136. The highest BCUT2D eigenvalue weighted by molar-refractivity contribution is 5.94. The predicted octanol–water partition coefficient (Wildman–Crippen LogP) is 4.66. The average molecular weight is 329 g/mol. The van der Waals surface area contributed by atoms with Gasteiger partial charge in [-0.05, 0) is 59.9 Å². The molecule has 3 nitrogen and oxygen atoms in total. The van der Waals surface area contributed by atoms with Crippen molar-refractivity contribution in [2.24, 2.45) is 0 Å². The Morgan fingerprint density at radius 1 is 0.920 bits per heavy atom. The van der Waals surface area contributed by atoms with Crippen LogP contribution in [0.3, 0.4) is 0 Å². The summed E-state index contributed by atoms with van der Waals surface area (Å²) in [4.78, 5) is 12.4. The second-order valence-corrected chi connectivity index (χ2v) is 6.27. The first kappa shape index (κ1) is 15.5. The molecule has 1 aliphatic carbocycles. The number of para-hydroxylation sites is 1. The lowest BCUT2D eigenvalue weighted by molar-refractivity contribution is -0.122. The van der Waals surface area contributed by atoms with E-state index in [4.69, 9.17) is 4.74 Å². The number of benzene rings is 3. The van der Waals surface area contributed by atoms with Gasteiger partial charge in [0, 0.05) is 5.69 Å². The van der Waals surface area contributed by atoms with E-state index in [0.29, 0.717) is 5.75 Å². The molecule has 25 heavy (non-hydrogen) atoms. The standard InChI is InChI=1S/C22H19NO2/c1-15(25-19-8-3-2-4-9-19)22(24)23-18-11-12-21-17(14-18)13-16-7-5-6-10-20(16)21/h2-12,14-15H,13H2,1H3,(H,23,24). The van der Waals surface area contributed by atoms with Crippen molar-refractivity contribution < 1.29 is 9.53 Å². The molecule has 0 spiro atoms. The minimum absolute atomic E-state index is 0.153. The summed E-state index contributed by atoms with van der Waals surface area (Å²) >= 11 is 0. The number of fused-ring (bicyclic) bond motifs is 3. The van der Waals surface area contributed by atoms with Gasteiger partial charge in [0.2, 0.25) is 0 Å². The first-order valence-corrected chi connectivity index (χ1v) is 8.44. The number of ether oxygens (including phenoxy) is 1. The van der Waals surface area contributed by atoms with Crippen LogP contribution in [0.5, 0.6) is 5.75 Å². The van der Waals surface area contributed by atoms with E-state index in [-0.39, 0.29) is 5.91 Å². The van der Waals surface area contributed by atoms with Crippen LogP contribution in [0.2, 0.25) is 0 Å². The van der Waals surface area contributed by atoms with Gasteiger partial charge in [-0.15, -0.1) is 0 Å². The summed E-state index contributed by atoms with van der Waals surface area (Å²) < 4.78 is 5.68. The lowest BCUT2D eigenvalue weighted by Crippen LogP contribution is -2.30. The maximum Gasteiger partial charge on any atom is 0.265 e. The van der Waals surface area contributed by atoms with Crippen molar-refractivity contribution in [1.82, 2.24) is 0 Å². The van der Waals surface area contributed by atoms with Gasteiger partial charge in [-0.3, -0.25) is 4.79 Å². The number of hydrogen-bond acceptors (Lipinski definition) is 2. The van der Waals surface area contributed by atoms with Gasteiger partial charge in [0.05, 0.1) is 0 Å². The molecule has 0 aromatic heterocycles. The number of nitrogens with one attached hydrogen (secondary N) is 1. The number of rotatable bonds is 4. The maximum atomic E-state index is 12.4. The molecule has 3 aromatic rings. The van der Waals surface area contributed by atoms with Crippen LogP contribution in [0.25, 0.3) is 11.1 Å². The molecule has 0 heterocycles. The van der Waals surface area contributed by atoms with Crippen molar-refractivity contribution in [3.8, 4) is 16.9 Å². The van der Waals surface area contributed by atoms with E-state index >= 15 is 0 Å². The van der Waals surface area contributed by atoms with E-state index in [1.807, 2.05) is 36.4 Å². The number of hydrogen-bond donors (Lipinski definition) is 1. The smallest absolute Gasteiger partial charge is 0.265 e. The zero-order chi connectivity index (χ0) is 17.2. The zero-order valence-electron chi connectivity index (χ0n) is 14.0. The summed E-state index contributed by atoms with van der Waals surface area (Å²) in [6, 6.07) is 23.9. The first-order chi connectivity index (χ1) is 12.2. The molecule has 3 aromatic carbocycles. The number of carbonyl (C=O) groups excluding carboxylic acids is 1. The average Bonchev–Trinajstić information content (AvgIpc) is 3.00. The van der Waals surface area contributed by atoms with Crippen molar-refractivity contribution in [2.75, 3.05) is 5.32 Å². The van der Waals surface area contributed by atoms with Crippen LogP contribution in [-0.2, 0) is 11.2 Å². The van der Waals surface area contributed by atoms with Gasteiger partial charge in [0.1, 0.15) is 5.75 Å². The second-order valence-electron chi connectivity index (χ2n) is 6.27. The Balaban J connectivity index is 1.47. The van der Waals surface area contributed by atoms with Crippen molar-refractivity contribution in [2.45, 2.75) is 19.4 Å². The minimum Gasteiger partial charge on any atom is -0.481 e. The monoisotopic (exact) mass is 329 g/mol. The lowest BCUT2D eigenvalue weighted by atomic mass is 10.1. The summed E-state index contributed by atoms with van der Waals surface area (Å²) in [5.41, 5.74) is 5.93. The molecular formula is C22H19NO2. The Morgan fingerprint density at radius 2 is 1.64 bits per heavy atom. The molecule has 1 atom stereocenters. The van der Waals surface area contributed by atoms with Gasteiger partial charge in [-0.1, -0.05) is 48.5 Å². The molecule has 0 saturated heterocycles. The summed E-state index contributed by atoms with van der Waals surface area (Å²) in [6.45, 7) is 1.76. The predicted molar refractivity (Wildman–Crippen MR) is 99.8 cm³/mol. The second kappa shape index (κ2) is 6.44. The number of anilines is 1. The Bertz CT molecular complexity index is 918. The molecule has 3 heteroatoms. The first-order valence-electron chi connectivity index (χ1n) is 8.44. The van der Waals surface area contributed by atoms with Gasteiger partial charge in [0.25, 0.3) is 5.91 Å². The maximum absolute atomic E-state index is 12.4. The van der Waals surface area contributed by atoms with Gasteiger partial charge in [-0.25, -0.2) is 0 Å². The fourth-order valence-corrected chi connectivity index (χ4v) is 3.22. The highest BCUT2D eigenvalue weighted by Gasteiger charge is 2.19. The molecule has 124 valence electrons. The van der Waals surface area contributed by atoms with E-state index in [0.717, 1.165) is 12.1 Å². The normalized spacial score (nSPS) is 12.8. The van der Waals surface area contributed by atoms with E-state index in [2.05, 4.69) is 41.7 Å². The Hall–Kier alpha value is -3.07. The van der Waals surface area contributed by atoms with Crippen molar-refractivity contribution in [3.63, 3.8) is 0 Å². The quantitative estimate of drug-likeness (QED) is 0.591. The van der Waals surface area contributed by atoms with Crippen LogP contribution < -0.4 is 10.1 Å². The third kappa shape index (κ3) is 3.13. The molecule has 0 aliphatic heterocycles.